The van der Waals surface area contributed by atoms with Crippen molar-refractivity contribution in [1.82, 2.24) is 5.32 Å². The van der Waals surface area contributed by atoms with E-state index in [4.69, 9.17) is 4.74 Å². The Morgan fingerprint density at radius 2 is 2.06 bits per heavy atom. The van der Waals surface area contributed by atoms with Crippen LogP contribution in [0.2, 0.25) is 0 Å². The number of nitrogens with one attached hydrogen (secondary N) is 1. The summed E-state index contributed by atoms with van der Waals surface area (Å²) in [6, 6.07) is 1.98. The van der Waals surface area contributed by atoms with Gasteiger partial charge in [0, 0.05) is 0 Å². The second-order valence-electron chi connectivity index (χ2n) is 3.69. The van der Waals surface area contributed by atoms with Crippen LogP contribution in [-0.4, -0.2) is 26.5 Å². The number of ether oxygens (including phenoxy) is 1. The Hall–Kier alpha value is -0.870. The highest BCUT2D eigenvalue weighted by Gasteiger charge is 2.18. The maximum Gasteiger partial charge on any atom is 0.180 e. The van der Waals surface area contributed by atoms with Gasteiger partial charge in [-0.2, -0.15) is 0 Å². The summed E-state index contributed by atoms with van der Waals surface area (Å²) in [6.07, 6.45) is 0. The standard InChI is InChI=1S/C12H16BrNO2/c1-7-5-8(2)11(13)12(16-4)10(7)9(15)6-14-3/h5,14H,6H2,1-4H3. The van der Waals surface area contributed by atoms with E-state index in [2.05, 4.69) is 21.2 Å². The third-order valence-electron chi connectivity index (χ3n) is 2.42. The number of Topliss-reactive ketones (excluding diaryl/α,β-unsaturated/α-hetero) is 1. The number of benzene rings is 1. The normalized spacial score (nSPS) is 10.3. The van der Waals surface area contributed by atoms with Crippen molar-refractivity contribution in [3.63, 3.8) is 0 Å². The Kier molecular flexibility index (Phi) is 4.50. The molecule has 0 atom stereocenters. The van der Waals surface area contributed by atoms with Crippen molar-refractivity contribution < 1.29 is 9.53 Å². The Morgan fingerprint density at radius 3 is 2.56 bits per heavy atom. The summed E-state index contributed by atoms with van der Waals surface area (Å²) in [4.78, 5) is 11.9. The summed E-state index contributed by atoms with van der Waals surface area (Å²) >= 11 is 3.45. The number of hydrogen-bond acceptors (Lipinski definition) is 3. The smallest absolute Gasteiger partial charge is 0.180 e. The molecule has 0 heterocycles. The number of ketones is 1. The van der Waals surface area contributed by atoms with Crippen molar-refractivity contribution in [1.29, 1.82) is 0 Å². The molecule has 0 saturated carbocycles. The van der Waals surface area contributed by atoms with Crippen LogP contribution in [0.15, 0.2) is 10.5 Å². The fraction of sp³-hybridized carbons (Fsp3) is 0.417. The van der Waals surface area contributed by atoms with Gasteiger partial charge in [-0.15, -0.1) is 0 Å². The third-order valence-corrected chi connectivity index (χ3v) is 3.41. The van der Waals surface area contributed by atoms with Crippen molar-refractivity contribution in [2.75, 3.05) is 20.7 Å². The van der Waals surface area contributed by atoms with Gasteiger partial charge in [-0.25, -0.2) is 0 Å². The van der Waals surface area contributed by atoms with Gasteiger partial charge in [0.05, 0.1) is 23.7 Å². The van der Waals surface area contributed by atoms with Crippen molar-refractivity contribution >= 4 is 21.7 Å². The molecule has 0 saturated heterocycles. The molecule has 1 aromatic rings. The molecule has 1 aromatic carbocycles. The van der Waals surface area contributed by atoms with Gasteiger partial charge >= 0.3 is 0 Å². The van der Waals surface area contributed by atoms with Crippen LogP contribution in [0.25, 0.3) is 0 Å². The zero-order valence-corrected chi connectivity index (χ0v) is 11.6. The minimum Gasteiger partial charge on any atom is -0.495 e. The van der Waals surface area contributed by atoms with E-state index in [0.29, 0.717) is 17.9 Å². The number of halogens is 1. The fourth-order valence-electron chi connectivity index (χ4n) is 1.72. The van der Waals surface area contributed by atoms with Crippen LogP contribution in [-0.2, 0) is 0 Å². The highest BCUT2D eigenvalue weighted by molar-refractivity contribution is 9.10. The Bertz CT molecular complexity index is 416. The van der Waals surface area contributed by atoms with E-state index in [0.717, 1.165) is 15.6 Å². The predicted molar refractivity (Wildman–Crippen MR) is 68.4 cm³/mol. The molecular formula is C12H16BrNO2. The summed E-state index contributed by atoms with van der Waals surface area (Å²) in [5, 5.41) is 2.86. The first-order valence-corrected chi connectivity index (χ1v) is 5.83. The number of likely N-dealkylation sites (N-methyl/N-ethyl adjacent to an activating group) is 1. The molecule has 0 amide bonds. The van der Waals surface area contributed by atoms with E-state index in [1.807, 2.05) is 19.9 Å². The molecule has 1 N–H and O–H groups in total. The molecule has 0 fully saturated rings. The average molecular weight is 286 g/mol. The van der Waals surface area contributed by atoms with Crippen LogP contribution in [0.5, 0.6) is 5.75 Å². The molecular weight excluding hydrogens is 270 g/mol. The third kappa shape index (κ3) is 2.44. The fourth-order valence-corrected chi connectivity index (χ4v) is 2.19. The Balaban J connectivity index is 3.36. The maximum atomic E-state index is 11.9. The van der Waals surface area contributed by atoms with Gasteiger partial charge in [-0.3, -0.25) is 4.79 Å². The molecule has 0 bridgehead atoms. The first kappa shape index (κ1) is 13.2. The zero-order valence-electron chi connectivity index (χ0n) is 9.98. The van der Waals surface area contributed by atoms with Gasteiger partial charge < -0.3 is 10.1 Å². The van der Waals surface area contributed by atoms with E-state index in [9.17, 15) is 4.79 Å². The lowest BCUT2D eigenvalue weighted by Gasteiger charge is -2.14. The first-order chi connectivity index (χ1) is 7.52. The van der Waals surface area contributed by atoms with Crippen LogP contribution in [0.1, 0.15) is 21.5 Å². The number of carbonyl (C=O) groups excluding carboxylic acids is 1. The Labute approximate surface area is 104 Å². The summed E-state index contributed by atoms with van der Waals surface area (Å²) in [7, 11) is 3.33. The largest absolute Gasteiger partial charge is 0.495 e. The average Bonchev–Trinajstić information content (AvgIpc) is 2.23. The summed E-state index contributed by atoms with van der Waals surface area (Å²) in [5.41, 5.74) is 2.66. The molecule has 0 aliphatic heterocycles. The zero-order chi connectivity index (χ0) is 12.3. The summed E-state index contributed by atoms with van der Waals surface area (Å²) in [5.74, 6) is 0.662. The van der Waals surface area contributed by atoms with Crippen LogP contribution in [0, 0.1) is 13.8 Å². The molecule has 0 radical (unpaired) electrons. The van der Waals surface area contributed by atoms with Crippen LogP contribution >= 0.6 is 15.9 Å². The van der Waals surface area contributed by atoms with E-state index in [1.165, 1.54) is 0 Å². The van der Waals surface area contributed by atoms with Crippen molar-refractivity contribution in [2.45, 2.75) is 13.8 Å². The van der Waals surface area contributed by atoms with Gasteiger partial charge in [0.25, 0.3) is 0 Å². The van der Waals surface area contributed by atoms with E-state index < -0.39 is 0 Å². The quantitative estimate of drug-likeness (QED) is 0.864. The molecule has 0 aliphatic carbocycles. The van der Waals surface area contributed by atoms with Gasteiger partial charge in [0.15, 0.2) is 5.78 Å². The molecule has 0 aromatic heterocycles. The van der Waals surface area contributed by atoms with Gasteiger partial charge in [0.2, 0.25) is 0 Å². The lowest BCUT2D eigenvalue weighted by molar-refractivity contribution is 0.0990. The highest BCUT2D eigenvalue weighted by atomic mass is 79.9. The minimum absolute atomic E-state index is 0.0394. The second kappa shape index (κ2) is 5.46. The molecule has 0 aliphatic rings. The monoisotopic (exact) mass is 285 g/mol. The lowest BCUT2D eigenvalue weighted by Crippen LogP contribution is -2.20. The highest BCUT2D eigenvalue weighted by Crippen LogP contribution is 2.34. The molecule has 3 nitrogen and oxygen atoms in total. The number of aryl methyl sites for hydroxylation is 2. The second-order valence-corrected chi connectivity index (χ2v) is 4.48. The molecule has 0 spiro atoms. The summed E-state index contributed by atoms with van der Waals surface area (Å²) in [6.45, 7) is 4.21. The van der Waals surface area contributed by atoms with Crippen molar-refractivity contribution in [3.05, 3.63) is 27.2 Å². The SMILES string of the molecule is CNCC(=O)c1c(C)cc(C)c(Br)c1OC. The first-order valence-electron chi connectivity index (χ1n) is 5.04. The maximum absolute atomic E-state index is 11.9. The number of hydrogen-bond donors (Lipinski definition) is 1. The number of carbonyl (C=O) groups is 1. The van der Waals surface area contributed by atoms with Crippen LogP contribution < -0.4 is 10.1 Å². The van der Waals surface area contributed by atoms with E-state index >= 15 is 0 Å². The lowest BCUT2D eigenvalue weighted by atomic mass is 10.0. The van der Waals surface area contributed by atoms with Crippen molar-refractivity contribution in [2.24, 2.45) is 0 Å². The van der Waals surface area contributed by atoms with Gasteiger partial charge in [-0.1, -0.05) is 6.07 Å². The van der Waals surface area contributed by atoms with Gasteiger partial charge in [-0.05, 0) is 48.0 Å². The topological polar surface area (TPSA) is 38.3 Å². The molecule has 16 heavy (non-hydrogen) atoms. The van der Waals surface area contributed by atoms with Crippen LogP contribution in [0.4, 0.5) is 0 Å². The summed E-state index contributed by atoms with van der Waals surface area (Å²) < 4.78 is 6.16. The Morgan fingerprint density at radius 1 is 1.44 bits per heavy atom. The molecule has 88 valence electrons. The predicted octanol–water partition coefficient (Wildman–Crippen LogP) is 2.48. The van der Waals surface area contributed by atoms with Gasteiger partial charge in [0.1, 0.15) is 5.75 Å². The number of rotatable bonds is 4. The molecule has 1 rings (SSSR count). The van der Waals surface area contributed by atoms with Crippen molar-refractivity contribution in [3.8, 4) is 5.75 Å². The molecule has 4 heteroatoms. The minimum atomic E-state index is 0.0394. The molecule has 0 unspecified atom stereocenters. The van der Waals surface area contributed by atoms with E-state index in [-0.39, 0.29) is 5.78 Å². The van der Waals surface area contributed by atoms with E-state index in [1.54, 1.807) is 14.2 Å². The van der Waals surface area contributed by atoms with Crippen LogP contribution in [0.3, 0.4) is 0 Å². The number of methoxy groups -OCH3 is 1.